The lowest BCUT2D eigenvalue weighted by Gasteiger charge is -2.65. The summed E-state index contributed by atoms with van der Waals surface area (Å²) in [5.74, 6) is 3.74. The average molecular weight is 803 g/mol. The third-order valence-corrected chi connectivity index (χ3v) is 15.0. The van der Waals surface area contributed by atoms with Gasteiger partial charge in [0.2, 0.25) is 0 Å². The lowest BCUT2D eigenvalue weighted by atomic mass is 9.43. The van der Waals surface area contributed by atoms with Gasteiger partial charge in [0.15, 0.2) is 17.9 Å². The maximum absolute atomic E-state index is 7.13. The van der Waals surface area contributed by atoms with E-state index in [1.165, 1.54) is 70.6 Å². The summed E-state index contributed by atoms with van der Waals surface area (Å²) in [6, 6.07) is 0. The van der Waals surface area contributed by atoms with Gasteiger partial charge in [0.05, 0.1) is 18.3 Å². The van der Waals surface area contributed by atoms with E-state index in [0.717, 1.165) is 58.0 Å². The second-order valence-corrected chi connectivity index (χ2v) is 18.7. The van der Waals surface area contributed by atoms with Crippen molar-refractivity contribution in [2.45, 2.75) is 162 Å². The first-order valence-corrected chi connectivity index (χ1v) is 23.1. The monoisotopic (exact) mass is 803 g/mol. The molecule has 330 valence electrons. The molecule has 0 saturated heterocycles. The van der Waals surface area contributed by atoms with Crippen molar-refractivity contribution in [3.63, 3.8) is 0 Å². The molecule has 0 aromatic carbocycles. The summed E-state index contributed by atoms with van der Waals surface area (Å²) in [5, 5.41) is 3.76. The molecule has 0 radical (unpaired) electrons. The van der Waals surface area contributed by atoms with E-state index in [9.17, 15) is 0 Å². The summed E-state index contributed by atoms with van der Waals surface area (Å²) < 4.78 is 20.7. The van der Waals surface area contributed by atoms with Crippen LogP contribution in [0.3, 0.4) is 0 Å². The maximum atomic E-state index is 7.13. The number of rotatable bonds is 27. The van der Waals surface area contributed by atoms with Gasteiger partial charge in [-0.25, -0.2) is 0 Å². The number of aliphatic imine (C=N–C) groups is 3. The Balaban J connectivity index is 1.50. The van der Waals surface area contributed by atoms with E-state index in [0.29, 0.717) is 75.0 Å². The summed E-state index contributed by atoms with van der Waals surface area (Å²) in [5.41, 5.74) is 34.0. The highest BCUT2D eigenvalue weighted by Gasteiger charge is 2.66. The molecule has 0 spiro atoms. The van der Waals surface area contributed by atoms with Gasteiger partial charge in [-0.1, -0.05) is 59.8 Å². The number of guanidine groups is 3. The van der Waals surface area contributed by atoms with Crippen molar-refractivity contribution in [1.29, 1.82) is 0 Å². The van der Waals surface area contributed by atoms with Gasteiger partial charge in [0, 0.05) is 44.9 Å². The molecular formula is C44H86N10O3. The highest BCUT2D eigenvalue weighted by molar-refractivity contribution is 5.76. The normalized spacial score (nSPS) is 32.4. The molecule has 0 bridgehead atoms. The number of hydrogen-bond donors (Lipinski definition) is 7. The van der Waals surface area contributed by atoms with Crippen LogP contribution in [-0.4, -0.2) is 88.7 Å². The van der Waals surface area contributed by atoms with Crippen LogP contribution in [-0.2, 0) is 14.2 Å². The lowest BCUT2D eigenvalue weighted by Crippen LogP contribution is -2.63. The SMILES string of the molecule is CCCCCCCCNCCC[C@@H](C)[C@H]1CC[C@H]2[C@@H]3[C@H](OCCCN=C(N)N)CC4C[C@H](OCCCN=C(N)N)CC[C@]4(C)[C@H]3C[C@H](OCCCN=C(N)N)[C@]12C. The lowest BCUT2D eigenvalue weighted by molar-refractivity contribution is -0.227. The van der Waals surface area contributed by atoms with Gasteiger partial charge >= 0.3 is 0 Å². The number of nitrogens with zero attached hydrogens (tertiary/aromatic N) is 3. The Hall–Kier alpha value is -2.35. The largest absolute Gasteiger partial charge is 0.378 e. The summed E-state index contributed by atoms with van der Waals surface area (Å²) in [6.45, 7) is 16.1. The molecule has 13 heteroatoms. The van der Waals surface area contributed by atoms with E-state index in [2.05, 4.69) is 48.0 Å². The molecule has 4 fully saturated rings. The Bertz CT molecular complexity index is 1240. The summed E-state index contributed by atoms with van der Waals surface area (Å²) in [6.07, 6.45) is 21.6. The molecule has 57 heavy (non-hydrogen) atoms. The predicted molar refractivity (Wildman–Crippen MR) is 236 cm³/mol. The molecule has 4 aliphatic carbocycles. The number of nitrogens with one attached hydrogen (secondary N) is 1. The Kier molecular flexibility index (Phi) is 20.0. The van der Waals surface area contributed by atoms with Gasteiger partial charge in [0.1, 0.15) is 0 Å². The highest BCUT2D eigenvalue weighted by atomic mass is 16.5. The van der Waals surface area contributed by atoms with Crippen LogP contribution in [0.15, 0.2) is 15.0 Å². The van der Waals surface area contributed by atoms with Crippen molar-refractivity contribution in [1.82, 2.24) is 5.32 Å². The predicted octanol–water partition coefficient (Wildman–Crippen LogP) is 5.38. The van der Waals surface area contributed by atoms with Crippen molar-refractivity contribution in [3.05, 3.63) is 0 Å². The molecule has 0 aromatic heterocycles. The zero-order valence-electron chi connectivity index (χ0n) is 36.6. The van der Waals surface area contributed by atoms with Crippen LogP contribution in [0.2, 0.25) is 0 Å². The van der Waals surface area contributed by atoms with Gasteiger partial charge in [-0.05, 0) is 137 Å². The Morgan fingerprint density at radius 1 is 0.667 bits per heavy atom. The minimum atomic E-state index is 0.0709. The second kappa shape index (κ2) is 24.0. The number of ether oxygens (including phenoxy) is 3. The molecule has 13 nitrogen and oxygen atoms in total. The van der Waals surface area contributed by atoms with Crippen LogP contribution in [0.5, 0.6) is 0 Å². The van der Waals surface area contributed by atoms with Gasteiger partial charge in [0.25, 0.3) is 0 Å². The van der Waals surface area contributed by atoms with Crippen LogP contribution in [0.1, 0.15) is 143 Å². The summed E-state index contributed by atoms with van der Waals surface area (Å²) in [4.78, 5) is 12.7. The number of nitrogens with two attached hydrogens (primary N) is 6. The smallest absolute Gasteiger partial charge is 0.185 e. The molecule has 4 rings (SSSR count). The van der Waals surface area contributed by atoms with E-state index in [4.69, 9.17) is 48.6 Å². The molecule has 4 saturated carbocycles. The molecule has 13 N–H and O–H groups in total. The first-order chi connectivity index (χ1) is 27.4. The molecule has 1 unspecified atom stereocenters. The molecule has 0 aromatic rings. The zero-order valence-corrected chi connectivity index (χ0v) is 36.6. The highest BCUT2D eigenvalue weighted by Crippen LogP contribution is 2.69. The van der Waals surface area contributed by atoms with Gasteiger partial charge in [-0.2, -0.15) is 0 Å². The quantitative estimate of drug-likeness (QED) is 0.0318. The van der Waals surface area contributed by atoms with Gasteiger partial charge in [-0.3, -0.25) is 15.0 Å². The minimum Gasteiger partial charge on any atom is -0.378 e. The van der Waals surface area contributed by atoms with Crippen molar-refractivity contribution in [2.75, 3.05) is 52.5 Å². The fourth-order valence-corrected chi connectivity index (χ4v) is 12.1. The zero-order chi connectivity index (χ0) is 41.3. The average Bonchev–Trinajstić information content (AvgIpc) is 3.53. The van der Waals surface area contributed by atoms with Gasteiger partial charge < -0.3 is 53.9 Å². The maximum Gasteiger partial charge on any atom is 0.185 e. The minimum absolute atomic E-state index is 0.0709. The van der Waals surface area contributed by atoms with Crippen molar-refractivity contribution < 1.29 is 14.2 Å². The van der Waals surface area contributed by atoms with E-state index in [1.807, 2.05) is 0 Å². The van der Waals surface area contributed by atoms with E-state index in [1.54, 1.807) is 0 Å². The molecule has 0 aliphatic heterocycles. The second-order valence-electron chi connectivity index (χ2n) is 18.7. The van der Waals surface area contributed by atoms with Crippen LogP contribution in [0.25, 0.3) is 0 Å². The Morgan fingerprint density at radius 3 is 1.91 bits per heavy atom. The van der Waals surface area contributed by atoms with Crippen molar-refractivity contribution >= 4 is 17.9 Å². The van der Waals surface area contributed by atoms with Crippen LogP contribution in [0, 0.1) is 46.3 Å². The van der Waals surface area contributed by atoms with Crippen molar-refractivity contribution in [3.8, 4) is 0 Å². The molecule has 11 atom stereocenters. The first-order valence-electron chi connectivity index (χ1n) is 23.1. The van der Waals surface area contributed by atoms with E-state index in [-0.39, 0.29) is 47.0 Å². The topological polar surface area (TPSA) is 233 Å². The van der Waals surface area contributed by atoms with Crippen LogP contribution < -0.4 is 39.7 Å². The molecular weight excluding hydrogens is 717 g/mol. The van der Waals surface area contributed by atoms with Crippen molar-refractivity contribution in [2.24, 2.45) is 95.7 Å². The van der Waals surface area contributed by atoms with Gasteiger partial charge in [-0.15, -0.1) is 0 Å². The number of unbranched alkanes of at least 4 members (excludes halogenated alkanes) is 5. The third kappa shape index (κ3) is 13.6. The van der Waals surface area contributed by atoms with Crippen LogP contribution >= 0.6 is 0 Å². The first kappa shape index (κ1) is 47.3. The fraction of sp³-hybridized carbons (Fsp3) is 0.932. The molecule has 0 heterocycles. The number of hydrogen-bond acceptors (Lipinski definition) is 7. The summed E-state index contributed by atoms with van der Waals surface area (Å²) in [7, 11) is 0. The summed E-state index contributed by atoms with van der Waals surface area (Å²) >= 11 is 0. The molecule has 0 amide bonds. The standard InChI is InChI=1S/C44H86N10O3/c1-5-6-7-8-9-10-20-51-21-11-15-31(2)34-16-17-35-39-36(30-38(44(34,35)4)57-27-14-24-54-42(49)50)43(3)19-18-33(55-25-12-22-52-40(45)46)28-32(43)29-37(39)56-26-13-23-53-41(47)48/h31-39,51H,5-30H2,1-4H3,(H4,45,46,52)(H4,47,48,53)(H4,49,50,54)/t31-,32?,33-,34-,35+,36+,37-,38+,39+,43+,44-/m1/s1. The number of fused-ring (bicyclic) bond motifs is 5. The van der Waals surface area contributed by atoms with Crippen LogP contribution in [0.4, 0.5) is 0 Å². The Morgan fingerprint density at radius 2 is 1.26 bits per heavy atom. The van der Waals surface area contributed by atoms with E-state index < -0.39 is 0 Å². The fourth-order valence-electron chi connectivity index (χ4n) is 12.1. The van der Waals surface area contributed by atoms with E-state index >= 15 is 0 Å². The third-order valence-electron chi connectivity index (χ3n) is 15.0. The molecule has 4 aliphatic rings. The Labute approximate surface area is 346 Å².